The lowest BCUT2D eigenvalue weighted by atomic mass is 9.78. The van der Waals surface area contributed by atoms with Crippen LogP contribution in [0.15, 0.2) is 91.0 Å². The van der Waals surface area contributed by atoms with Gasteiger partial charge in [-0.3, -0.25) is 14.7 Å². The molecule has 4 aliphatic rings. The minimum absolute atomic E-state index is 0.372. The molecule has 1 saturated carbocycles. The number of benzene rings is 3. The average Bonchev–Trinajstić information content (AvgIpc) is 2.82. The normalized spacial score (nSPS) is 28.3. The van der Waals surface area contributed by atoms with Crippen molar-refractivity contribution in [2.75, 3.05) is 0 Å². The van der Waals surface area contributed by atoms with Crippen molar-refractivity contribution in [3.63, 3.8) is 0 Å². The summed E-state index contributed by atoms with van der Waals surface area (Å²) in [5, 5.41) is 0. The van der Waals surface area contributed by atoms with Crippen molar-refractivity contribution in [3.05, 3.63) is 108 Å². The molecule has 3 heterocycles. The molecule has 0 amide bonds. The van der Waals surface area contributed by atoms with E-state index < -0.39 is 0 Å². The molecule has 4 fully saturated rings. The Kier molecular flexibility index (Phi) is 5.11. The molecule has 3 aromatic carbocycles. The van der Waals surface area contributed by atoms with Gasteiger partial charge in [-0.05, 0) is 36.0 Å². The Bertz CT molecular complexity index is 853. The summed E-state index contributed by atoms with van der Waals surface area (Å²) >= 11 is 0. The Balaban J connectivity index is 1.35. The van der Waals surface area contributed by atoms with Crippen LogP contribution in [0.3, 0.4) is 0 Å². The molecule has 3 heteroatoms. The van der Waals surface area contributed by atoms with Crippen molar-refractivity contribution in [2.45, 2.75) is 63.3 Å². The summed E-state index contributed by atoms with van der Waals surface area (Å²) in [7, 11) is 0. The van der Waals surface area contributed by atoms with Crippen LogP contribution in [-0.4, -0.2) is 39.1 Å². The summed E-state index contributed by atoms with van der Waals surface area (Å²) in [5.41, 5.74) is 4.28. The smallest absolute Gasteiger partial charge is 0.121 e. The molecule has 0 aromatic heterocycles. The van der Waals surface area contributed by atoms with E-state index in [1.807, 2.05) is 0 Å². The van der Waals surface area contributed by atoms with Crippen LogP contribution >= 0.6 is 0 Å². The van der Waals surface area contributed by atoms with Crippen LogP contribution in [0.4, 0.5) is 0 Å². The molecule has 0 spiro atoms. The van der Waals surface area contributed by atoms with E-state index in [1.54, 1.807) is 0 Å². The minimum atomic E-state index is 0.372. The van der Waals surface area contributed by atoms with Gasteiger partial charge in [0.25, 0.3) is 0 Å². The van der Waals surface area contributed by atoms with E-state index in [2.05, 4.69) is 106 Å². The van der Waals surface area contributed by atoms with Crippen molar-refractivity contribution in [1.82, 2.24) is 14.7 Å². The predicted molar refractivity (Wildman–Crippen MR) is 125 cm³/mol. The second-order valence-corrected chi connectivity index (χ2v) is 9.49. The molecule has 3 saturated heterocycles. The summed E-state index contributed by atoms with van der Waals surface area (Å²) in [6, 6.07) is 35.3. The molecule has 3 aliphatic heterocycles. The topological polar surface area (TPSA) is 9.72 Å². The zero-order valence-electron chi connectivity index (χ0n) is 18.1. The van der Waals surface area contributed by atoms with Gasteiger partial charge in [0.15, 0.2) is 0 Å². The lowest BCUT2D eigenvalue weighted by Gasteiger charge is -2.66. The highest BCUT2D eigenvalue weighted by Gasteiger charge is 2.54. The van der Waals surface area contributed by atoms with E-state index in [0.717, 1.165) is 19.6 Å². The lowest BCUT2D eigenvalue weighted by Crippen LogP contribution is -2.77. The molecule has 1 aliphatic carbocycles. The predicted octanol–water partition coefficient (Wildman–Crippen LogP) is 5.09. The Morgan fingerprint density at radius 1 is 0.452 bits per heavy atom. The summed E-state index contributed by atoms with van der Waals surface area (Å²) in [6.45, 7) is 3.10. The maximum absolute atomic E-state index is 2.80. The van der Waals surface area contributed by atoms with Crippen LogP contribution < -0.4 is 0 Å². The summed E-state index contributed by atoms with van der Waals surface area (Å²) in [5.74, 6) is 0. The Morgan fingerprint density at radius 2 is 0.742 bits per heavy atom. The first kappa shape index (κ1) is 19.2. The Morgan fingerprint density at radius 3 is 1.03 bits per heavy atom. The Hall–Kier alpha value is -2.46. The first-order chi connectivity index (χ1) is 15.3. The second-order valence-electron chi connectivity index (χ2n) is 9.49. The zero-order chi connectivity index (χ0) is 20.6. The van der Waals surface area contributed by atoms with E-state index >= 15 is 0 Å². The first-order valence-electron chi connectivity index (χ1n) is 11.7. The van der Waals surface area contributed by atoms with Gasteiger partial charge >= 0.3 is 0 Å². The van der Waals surface area contributed by atoms with Crippen LogP contribution in [0, 0.1) is 0 Å². The van der Waals surface area contributed by atoms with Gasteiger partial charge in [0, 0.05) is 37.8 Å². The fourth-order valence-corrected chi connectivity index (χ4v) is 6.20. The molecule has 0 atom stereocenters. The molecule has 0 unspecified atom stereocenters. The summed E-state index contributed by atoms with van der Waals surface area (Å²) < 4.78 is 0. The third kappa shape index (κ3) is 3.71. The minimum Gasteiger partial charge on any atom is -0.268 e. The quantitative estimate of drug-likeness (QED) is 0.561. The monoisotopic (exact) mass is 409 g/mol. The molecular formula is C28H31N3. The highest BCUT2D eigenvalue weighted by Crippen LogP contribution is 2.46. The largest absolute Gasteiger partial charge is 0.268 e. The zero-order valence-corrected chi connectivity index (χ0v) is 18.1. The number of nitrogens with zero attached hydrogens (tertiary/aromatic N) is 3. The molecule has 7 rings (SSSR count). The second kappa shape index (κ2) is 8.23. The van der Waals surface area contributed by atoms with Crippen molar-refractivity contribution in [3.8, 4) is 0 Å². The molecular weight excluding hydrogens is 378 g/mol. The van der Waals surface area contributed by atoms with Crippen LogP contribution in [0.2, 0.25) is 0 Å². The fourth-order valence-electron chi connectivity index (χ4n) is 6.20. The number of hydrogen-bond donors (Lipinski definition) is 0. The van der Waals surface area contributed by atoms with Crippen molar-refractivity contribution < 1.29 is 0 Å². The van der Waals surface area contributed by atoms with E-state index in [-0.39, 0.29) is 0 Å². The molecule has 31 heavy (non-hydrogen) atoms. The van der Waals surface area contributed by atoms with Crippen LogP contribution in [0.25, 0.3) is 0 Å². The third-order valence-electron chi connectivity index (χ3n) is 7.55. The van der Waals surface area contributed by atoms with Gasteiger partial charge in [-0.1, -0.05) is 91.0 Å². The highest BCUT2D eigenvalue weighted by atomic mass is 15.6. The van der Waals surface area contributed by atoms with Crippen LogP contribution in [-0.2, 0) is 19.6 Å². The molecule has 0 N–H and O–H groups in total. The molecule has 4 bridgehead atoms. The van der Waals surface area contributed by atoms with Gasteiger partial charge in [0.05, 0.1) is 0 Å². The number of hydrogen-bond acceptors (Lipinski definition) is 3. The van der Waals surface area contributed by atoms with Crippen molar-refractivity contribution in [2.24, 2.45) is 0 Å². The maximum Gasteiger partial charge on any atom is 0.121 e. The maximum atomic E-state index is 2.80. The lowest BCUT2D eigenvalue weighted by molar-refractivity contribution is -0.240. The van der Waals surface area contributed by atoms with Gasteiger partial charge in [-0.15, -0.1) is 0 Å². The van der Waals surface area contributed by atoms with Gasteiger partial charge in [-0.2, -0.15) is 0 Å². The van der Waals surface area contributed by atoms with Gasteiger partial charge < -0.3 is 0 Å². The van der Waals surface area contributed by atoms with E-state index in [1.165, 1.54) is 36.0 Å². The standard InChI is InChI=1S/C28H31N3/c1-4-10-22(11-5-1)19-29-25-16-26-18-27(17-25)31(21-24-14-8-3-9-15-24)28(29)30(26)20-23-12-6-2-7-13-23/h1-15,25-28H,16-21H2. The van der Waals surface area contributed by atoms with E-state index in [4.69, 9.17) is 0 Å². The molecule has 158 valence electrons. The molecule has 3 nitrogen and oxygen atoms in total. The fraction of sp³-hybridized carbons (Fsp3) is 0.357. The van der Waals surface area contributed by atoms with Crippen LogP contribution in [0.5, 0.6) is 0 Å². The summed E-state index contributed by atoms with van der Waals surface area (Å²) in [4.78, 5) is 8.40. The van der Waals surface area contributed by atoms with Gasteiger partial charge in [0.2, 0.25) is 0 Å². The van der Waals surface area contributed by atoms with E-state index in [9.17, 15) is 0 Å². The first-order valence-corrected chi connectivity index (χ1v) is 11.7. The van der Waals surface area contributed by atoms with Gasteiger partial charge in [-0.25, -0.2) is 0 Å². The van der Waals surface area contributed by atoms with Crippen LogP contribution in [0.1, 0.15) is 36.0 Å². The van der Waals surface area contributed by atoms with Crippen molar-refractivity contribution >= 4 is 0 Å². The highest BCUT2D eigenvalue weighted by molar-refractivity contribution is 5.20. The Labute approximate surface area is 185 Å². The molecule has 3 aromatic rings. The van der Waals surface area contributed by atoms with Crippen molar-refractivity contribution in [1.29, 1.82) is 0 Å². The van der Waals surface area contributed by atoms with Gasteiger partial charge in [0.1, 0.15) is 6.29 Å². The average molecular weight is 410 g/mol. The van der Waals surface area contributed by atoms with E-state index in [0.29, 0.717) is 24.4 Å². The SMILES string of the molecule is c1ccc(CN2C3CC4CC(C3)N(Cc3ccccc3)C2N4Cc2ccccc2)cc1. The summed E-state index contributed by atoms with van der Waals surface area (Å²) in [6.07, 6.45) is 4.31. The number of rotatable bonds is 6. The third-order valence-corrected chi connectivity index (χ3v) is 7.55. The molecule has 0 radical (unpaired) electrons.